The Morgan fingerprint density at radius 1 is 1.12 bits per heavy atom. The molecule has 1 amide bonds. The number of carbonyl (C=O) groups excluding carboxylic acids is 1. The van der Waals surface area contributed by atoms with E-state index in [0.717, 1.165) is 11.3 Å². The van der Waals surface area contributed by atoms with Crippen LogP contribution in [0.25, 0.3) is 5.69 Å². The van der Waals surface area contributed by atoms with E-state index in [4.69, 9.17) is 0 Å². The zero-order chi connectivity index (χ0) is 17.8. The highest BCUT2D eigenvalue weighted by molar-refractivity contribution is 5.79. The molecule has 1 fully saturated rings. The van der Waals surface area contributed by atoms with Gasteiger partial charge in [-0.2, -0.15) is 0 Å². The number of amides is 1. The first kappa shape index (κ1) is 16.4. The fourth-order valence-corrected chi connectivity index (χ4v) is 3.36. The Morgan fingerprint density at radius 3 is 2.50 bits per heavy atom. The number of nitrogens with zero attached hydrogens (tertiary/aromatic N) is 4. The SMILES string of the molecule is O=C(Cc1ccc(-n2cnnn2)cc1)N[C@@H](c1ccccc1)C1CCC1. The van der Waals surface area contributed by atoms with Crippen LogP contribution in [-0.2, 0) is 11.2 Å². The molecule has 3 aromatic rings. The van der Waals surface area contributed by atoms with E-state index in [1.54, 1.807) is 11.0 Å². The van der Waals surface area contributed by atoms with E-state index < -0.39 is 0 Å². The molecule has 0 unspecified atom stereocenters. The van der Waals surface area contributed by atoms with Gasteiger partial charge in [-0.3, -0.25) is 4.79 Å². The van der Waals surface area contributed by atoms with E-state index in [1.165, 1.54) is 24.8 Å². The van der Waals surface area contributed by atoms with Gasteiger partial charge < -0.3 is 5.32 Å². The van der Waals surface area contributed by atoms with Crippen molar-refractivity contribution in [3.8, 4) is 5.69 Å². The molecule has 26 heavy (non-hydrogen) atoms. The third-order valence-electron chi connectivity index (χ3n) is 5.01. The molecular weight excluding hydrogens is 326 g/mol. The molecule has 1 aromatic heterocycles. The molecule has 1 N–H and O–H groups in total. The Balaban J connectivity index is 1.42. The van der Waals surface area contributed by atoms with Crippen LogP contribution in [0.2, 0.25) is 0 Å². The average Bonchev–Trinajstić information content (AvgIpc) is 3.16. The van der Waals surface area contributed by atoms with E-state index in [0.29, 0.717) is 12.3 Å². The molecule has 2 aromatic carbocycles. The number of hydrogen-bond donors (Lipinski definition) is 1. The zero-order valence-corrected chi connectivity index (χ0v) is 14.5. The highest BCUT2D eigenvalue weighted by Crippen LogP contribution is 2.37. The Labute approximate surface area is 152 Å². The molecule has 1 atom stereocenters. The van der Waals surface area contributed by atoms with Gasteiger partial charge in [0.1, 0.15) is 6.33 Å². The van der Waals surface area contributed by atoms with Gasteiger partial charge in [0.15, 0.2) is 0 Å². The van der Waals surface area contributed by atoms with Gasteiger partial charge in [0.25, 0.3) is 0 Å². The first-order valence-corrected chi connectivity index (χ1v) is 8.96. The molecule has 0 saturated heterocycles. The summed E-state index contributed by atoms with van der Waals surface area (Å²) in [6, 6.07) is 18.1. The predicted molar refractivity (Wildman–Crippen MR) is 97.5 cm³/mol. The van der Waals surface area contributed by atoms with Crippen LogP contribution in [0.5, 0.6) is 0 Å². The highest BCUT2D eigenvalue weighted by Gasteiger charge is 2.29. The van der Waals surface area contributed by atoms with E-state index in [-0.39, 0.29) is 11.9 Å². The van der Waals surface area contributed by atoms with Crippen molar-refractivity contribution in [1.82, 2.24) is 25.5 Å². The Bertz CT molecular complexity index is 842. The quantitative estimate of drug-likeness (QED) is 0.744. The Hall–Kier alpha value is -3.02. The normalized spacial score (nSPS) is 15.2. The fourth-order valence-electron chi connectivity index (χ4n) is 3.36. The molecule has 1 aliphatic rings. The molecule has 1 heterocycles. The minimum Gasteiger partial charge on any atom is -0.349 e. The number of carbonyl (C=O) groups is 1. The first-order chi connectivity index (χ1) is 12.8. The average molecular weight is 347 g/mol. The van der Waals surface area contributed by atoms with Gasteiger partial charge in [-0.1, -0.05) is 48.9 Å². The second-order valence-corrected chi connectivity index (χ2v) is 6.74. The molecule has 6 nitrogen and oxygen atoms in total. The van der Waals surface area contributed by atoms with E-state index in [2.05, 4.69) is 33.0 Å². The molecule has 6 heteroatoms. The van der Waals surface area contributed by atoms with Crippen LogP contribution in [0.3, 0.4) is 0 Å². The van der Waals surface area contributed by atoms with Crippen LogP contribution < -0.4 is 5.32 Å². The van der Waals surface area contributed by atoms with Gasteiger partial charge in [-0.15, -0.1) is 5.10 Å². The van der Waals surface area contributed by atoms with Crippen molar-refractivity contribution >= 4 is 5.91 Å². The van der Waals surface area contributed by atoms with Gasteiger partial charge in [0.2, 0.25) is 5.91 Å². The van der Waals surface area contributed by atoms with Gasteiger partial charge in [0.05, 0.1) is 18.2 Å². The third kappa shape index (κ3) is 3.64. The monoisotopic (exact) mass is 347 g/mol. The summed E-state index contributed by atoms with van der Waals surface area (Å²) in [5, 5.41) is 14.4. The van der Waals surface area contributed by atoms with Gasteiger partial charge in [-0.25, -0.2) is 4.68 Å². The summed E-state index contributed by atoms with van der Waals surface area (Å²) >= 11 is 0. The van der Waals surface area contributed by atoms with Crippen LogP contribution in [0.1, 0.15) is 36.4 Å². The summed E-state index contributed by atoms with van der Waals surface area (Å²) in [5.41, 5.74) is 3.04. The lowest BCUT2D eigenvalue weighted by Gasteiger charge is -2.34. The lowest BCUT2D eigenvalue weighted by atomic mass is 9.77. The molecule has 0 bridgehead atoms. The Kier molecular flexibility index (Phi) is 4.73. The van der Waals surface area contributed by atoms with Crippen molar-refractivity contribution in [2.75, 3.05) is 0 Å². The van der Waals surface area contributed by atoms with Crippen LogP contribution in [-0.4, -0.2) is 26.1 Å². The van der Waals surface area contributed by atoms with Gasteiger partial charge in [0, 0.05) is 0 Å². The molecule has 0 radical (unpaired) electrons. The largest absolute Gasteiger partial charge is 0.349 e. The van der Waals surface area contributed by atoms with Crippen molar-refractivity contribution in [3.05, 3.63) is 72.1 Å². The minimum atomic E-state index is 0.0564. The molecular formula is C20H21N5O. The predicted octanol–water partition coefficient (Wildman–Crippen LogP) is 2.86. The van der Waals surface area contributed by atoms with E-state index in [9.17, 15) is 4.79 Å². The highest BCUT2D eigenvalue weighted by atomic mass is 16.1. The maximum Gasteiger partial charge on any atom is 0.224 e. The summed E-state index contributed by atoms with van der Waals surface area (Å²) in [5.74, 6) is 0.601. The molecule has 1 aliphatic carbocycles. The molecule has 132 valence electrons. The van der Waals surface area contributed by atoms with Gasteiger partial charge in [-0.05, 0) is 52.4 Å². The summed E-state index contributed by atoms with van der Waals surface area (Å²) in [6.07, 6.45) is 5.53. The standard InChI is InChI=1S/C20H21N5O/c26-19(13-15-9-11-18(12-10-15)25-14-21-23-24-25)22-20(17-7-4-8-17)16-5-2-1-3-6-16/h1-3,5-6,9-12,14,17,20H,4,7-8,13H2,(H,22,26)/t20-/m0/s1. The van der Waals surface area contributed by atoms with Crippen LogP contribution in [0.15, 0.2) is 60.9 Å². The summed E-state index contributed by atoms with van der Waals surface area (Å²) in [4.78, 5) is 12.6. The number of hydrogen-bond acceptors (Lipinski definition) is 4. The van der Waals surface area contributed by atoms with Gasteiger partial charge >= 0.3 is 0 Å². The van der Waals surface area contributed by atoms with E-state index >= 15 is 0 Å². The van der Waals surface area contributed by atoms with Crippen molar-refractivity contribution in [1.29, 1.82) is 0 Å². The number of rotatable bonds is 6. The van der Waals surface area contributed by atoms with Crippen molar-refractivity contribution in [2.24, 2.45) is 5.92 Å². The minimum absolute atomic E-state index is 0.0564. The Morgan fingerprint density at radius 2 is 1.88 bits per heavy atom. The topological polar surface area (TPSA) is 72.7 Å². The molecule has 4 rings (SSSR count). The van der Waals surface area contributed by atoms with Crippen LogP contribution >= 0.6 is 0 Å². The second-order valence-electron chi connectivity index (χ2n) is 6.74. The maximum absolute atomic E-state index is 12.6. The first-order valence-electron chi connectivity index (χ1n) is 8.96. The fraction of sp³-hybridized carbons (Fsp3) is 0.300. The van der Waals surface area contributed by atoms with Crippen LogP contribution in [0.4, 0.5) is 0 Å². The molecule has 1 saturated carbocycles. The number of nitrogens with one attached hydrogen (secondary N) is 1. The smallest absolute Gasteiger partial charge is 0.224 e. The number of tetrazole rings is 1. The summed E-state index contributed by atoms with van der Waals surface area (Å²) in [6.45, 7) is 0. The summed E-state index contributed by atoms with van der Waals surface area (Å²) in [7, 11) is 0. The number of benzene rings is 2. The number of aromatic nitrogens is 4. The zero-order valence-electron chi connectivity index (χ0n) is 14.5. The third-order valence-corrected chi connectivity index (χ3v) is 5.01. The molecule has 0 aliphatic heterocycles. The maximum atomic E-state index is 12.6. The lowest BCUT2D eigenvalue weighted by molar-refractivity contribution is -0.121. The van der Waals surface area contributed by atoms with Crippen molar-refractivity contribution in [3.63, 3.8) is 0 Å². The van der Waals surface area contributed by atoms with Crippen molar-refractivity contribution < 1.29 is 4.79 Å². The van der Waals surface area contributed by atoms with Crippen LogP contribution in [0, 0.1) is 5.92 Å². The second kappa shape index (κ2) is 7.47. The molecule has 0 spiro atoms. The summed E-state index contributed by atoms with van der Waals surface area (Å²) < 4.78 is 1.59. The van der Waals surface area contributed by atoms with Crippen molar-refractivity contribution in [2.45, 2.75) is 31.7 Å². The van der Waals surface area contributed by atoms with E-state index in [1.807, 2.05) is 42.5 Å². The lowest BCUT2D eigenvalue weighted by Crippen LogP contribution is -2.37.